The smallest absolute Gasteiger partial charge is 0.211 e. The summed E-state index contributed by atoms with van der Waals surface area (Å²) < 4.78 is 0. The van der Waals surface area contributed by atoms with Gasteiger partial charge in [-0.3, -0.25) is 0 Å². The molecule has 13 heavy (non-hydrogen) atoms. The number of halogens is 1. The molecule has 1 aromatic rings. The Morgan fingerprint density at radius 2 is 2.31 bits per heavy atom. The number of nitrogens with zero attached hydrogens (tertiary/aromatic N) is 1. The van der Waals surface area contributed by atoms with Gasteiger partial charge in [0.1, 0.15) is 0 Å². The van der Waals surface area contributed by atoms with Crippen molar-refractivity contribution < 1.29 is 4.79 Å². The molecule has 1 rings (SSSR count). The zero-order valence-corrected chi connectivity index (χ0v) is 7.51. The molecule has 0 saturated heterocycles. The van der Waals surface area contributed by atoms with E-state index in [0.29, 0.717) is 11.6 Å². The summed E-state index contributed by atoms with van der Waals surface area (Å²) in [5, 5.41) is 0. The molecule has 0 atom stereocenters. The number of benzene rings is 1. The van der Waals surface area contributed by atoms with Crippen molar-refractivity contribution in [1.82, 2.24) is 0 Å². The first-order valence-corrected chi connectivity index (χ1v) is 4.13. The van der Waals surface area contributed by atoms with Crippen molar-refractivity contribution >= 4 is 23.4 Å². The topological polar surface area (TPSA) is 29.4 Å². The Bertz CT molecular complexity index is 397. The highest BCUT2D eigenvalue weighted by Crippen LogP contribution is 2.12. The molecule has 0 radical (unpaired) electrons. The van der Waals surface area contributed by atoms with Gasteiger partial charge in [-0.05, 0) is 18.2 Å². The maximum atomic E-state index is 9.95. The van der Waals surface area contributed by atoms with Crippen molar-refractivity contribution in [2.45, 2.75) is 0 Å². The summed E-state index contributed by atoms with van der Waals surface area (Å²) in [6.45, 7) is 0. The third-order valence-corrected chi connectivity index (χ3v) is 1.45. The van der Waals surface area contributed by atoms with Gasteiger partial charge in [0.05, 0.1) is 11.6 Å². The predicted molar refractivity (Wildman–Crippen MR) is 51.8 cm³/mol. The molecular formula is C10H6ClNO. The van der Waals surface area contributed by atoms with Crippen LogP contribution in [0.25, 0.3) is 0 Å². The molecule has 3 heteroatoms. The van der Waals surface area contributed by atoms with Crippen LogP contribution in [0.5, 0.6) is 0 Å². The van der Waals surface area contributed by atoms with Gasteiger partial charge in [-0.15, -0.1) is 11.6 Å². The highest BCUT2D eigenvalue weighted by atomic mass is 35.5. The highest BCUT2D eigenvalue weighted by Gasteiger charge is 1.89. The second kappa shape index (κ2) is 5.16. The summed E-state index contributed by atoms with van der Waals surface area (Å²) in [5.41, 5.74) is 1.34. The monoisotopic (exact) mass is 191 g/mol. The average Bonchev–Trinajstić information content (AvgIpc) is 2.16. The normalized spacial score (nSPS) is 8.08. The number of hydrogen-bond donors (Lipinski definition) is 0. The van der Waals surface area contributed by atoms with Gasteiger partial charge in [-0.2, -0.15) is 4.99 Å². The van der Waals surface area contributed by atoms with Crippen LogP contribution in [0.3, 0.4) is 0 Å². The van der Waals surface area contributed by atoms with Gasteiger partial charge in [0.25, 0.3) is 0 Å². The molecule has 0 N–H and O–H groups in total. The Labute approximate surface area is 81.3 Å². The number of alkyl halides is 1. The lowest BCUT2D eigenvalue weighted by molar-refractivity contribution is 0.565. The molecule has 0 aliphatic carbocycles. The van der Waals surface area contributed by atoms with Crippen LogP contribution >= 0.6 is 11.6 Å². The van der Waals surface area contributed by atoms with E-state index in [1.54, 1.807) is 18.2 Å². The minimum absolute atomic E-state index is 0.293. The maximum absolute atomic E-state index is 9.95. The minimum atomic E-state index is 0.293. The van der Waals surface area contributed by atoms with Crippen molar-refractivity contribution in [3.05, 3.63) is 29.8 Å². The quantitative estimate of drug-likeness (QED) is 0.290. The van der Waals surface area contributed by atoms with Crippen LogP contribution in [0, 0.1) is 11.8 Å². The van der Waals surface area contributed by atoms with Crippen molar-refractivity contribution in [3.63, 3.8) is 0 Å². The second-order valence-corrected chi connectivity index (χ2v) is 2.46. The summed E-state index contributed by atoms with van der Waals surface area (Å²) in [4.78, 5) is 13.4. The lowest BCUT2D eigenvalue weighted by atomic mass is 10.2. The predicted octanol–water partition coefficient (Wildman–Crippen LogP) is 2.24. The van der Waals surface area contributed by atoms with Crippen LogP contribution in [0.4, 0.5) is 5.69 Å². The summed E-state index contributed by atoms with van der Waals surface area (Å²) in [7, 11) is 0. The molecule has 0 aliphatic heterocycles. The van der Waals surface area contributed by atoms with Crippen LogP contribution in [0.2, 0.25) is 0 Å². The van der Waals surface area contributed by atoms with Gasteiger partial charge < -0.3 is 0 Å². The largest absolute Gasteiger partial charge is 0.240 e. The zero-order chi connectivity index (χ0) is 9.52. The SMILES string of the molecule is O=C=Nc1cccc(C#CCCl)c1. The molecule has 0 heterocycles. The van der Waals surface area contributed by atoms with Gasteiger partial charge >= 0.3 is 0 Å². The molecule has 0 spiro atoms. The average molecular weight is 192 g/mol. The summed E-state index contributed by atoms with van der Waals surface area (Å²) in [6, 6.07) is 7.00. The second-order valence-electron chi connectivity index (χ2n) is 2.19. The van der Waals surface area contributed by atoms with E-state index < -0.39 is 0 Å². The zero-order valence-electron chi connectivity index (χ0n) is 6.75. The van der Waals surface area contributed by atoms with Crippen molar-refractivity contribution in [2.24, 2.45) is 4.99 Å². The molecule has 1 aromatic carbocycles. The molecule has 0 amide bonds. The lowest BCUT2D eigenvalue weighted by Gasteiger charge is -1.90. The van der Waals surface area contributed by atoms with Crippen LogP contribution < -0.4 is 0 Å². The molecule has 0 aliphatic rings. The Kier molecular flexibility index (Phi) is 3.78. The third kappa shape index (κ3) is 3.13. The number of hydrogen-bond acceptors (Lipinski definition) is 2. The molecule has 0 unspecified atom stereocenters. The maximum Gasteiger partial charge on any atom is 0.240 e. The van der Waals surface area contributed by atoms with Gasteiger partial charge in [-0.1, -0.05) is 17.9 Å². The summed E-state index contributed by atoms with van der Waals surface area (Å²) in [6.07, 6.45) is 1.47. The Balaban J connectivity index is 2.98. The van der Waals surface area contributed by atoms with E-state index in [2.05, 4.69) is 16.8 Å². The third-order valence-electron chi connectivity index (χ3n) is 1.32. The fourth-order valence-corrected chi connectivity index (χ4v) is 0.908. The van der Waals surface area contributed by atoms with E-state index in [1.165, 1.54) is 6.08 Å². The van der Waals surface area contributed by atoms with Crippen LogP contribution in [0.1, 0.15) is 5.56 Å². The molecule has 0 fully saturated rings. The fraction of sp³-hybridized carbons (Fsp3) is 0.100. The fourth-order valence-electron chi connectivity index (χ4n) is 0.841. The highest BCUT2D eigenvalue weighted by molar-refractivity contribution is 6.19. The number of rotatable bonds is 1. The lowest BCUT2D eigenvalue weighted by Crippen LogP contribution is -1.73. The van der Waals surface area contributed by atoms with E-state index >= 15 is 0 Å². The number of isocyanates is 1. The molecule has 2 nitrogen and oxygen atoms in total. The molecule has 0 saturated carbocycles. The van der Waals surface area contributed by atoms with Crippen molar-refractivity contribution in [3.8, 4) is 11.8 Å². The van der Waals surface area contributed by atoms with E-state index in [-0.39, 0.29) is 0 Å². The Morgan fingerprint density at radius 3 is 3.00 bits per heavy atom. The van der Waals surface area contributed by atoms with Crippen molar-refractivity contribution in [1.29, 1.82) is 0 Å². The number of aliphatic imine (C=N–C) groups is 1. The Morgan fingerprint density at radius 1 is 1.46 bits per heavy atom. The van der Waals surface area contributed by atoms with Crippen LogP contribution in [-0.4, -0.2) is 12.0 Å². The van der Waals surface area contributed by atoms with Gasteiger partial charge in [-0.25, -0.2) is 4.79 Å². The number of carbonyl (C=O) groups excluding carboxylic acids is 1. The molecule has 0 aromatic heterocycles. The minimum Gasteiger partial charge on any atom is -0.211 e. The standard InChI is InChI=1S/C10H6ClNO/c11-6-2-4-9-3-1-5-10(7-9)12-8-13/h1,3,5,7H,6H2. The van der Waals surface area contributed by atoms with E-state index in [0.717, 1.165) is 5.56 Å². The van der Waals surface area contributed by atoms with Gasteiger partial charge in [0, 0.05) is 5.56 Å². The first-order chi connectivity index (χ1) is 6.36. The van der Waals surface area contributed by atoms with E-state index in [1.807, 2.05) is 6.07 Å². The van der Waals surface area contributed by atoms with Crippen molar-refractivity contribution in [2.75, 3.05) is 5.88 Å². The summed E-state index contributed by atoms with van der Waals surface area (Å²) >= 11 is 5.39. The van der Waals surface area contributed by atoms with Crippen LogP contribution in [0.15, 0.2) is 29.3 Å². The van der Waals surface area contributed by atoms with Crippen LogP contribution in [-0.2, 0) is 4.79 Å². The first kappa shape index (κ1) is 9.54. The molecular weight excluding hydrogens is 186 g/mol. The Hall–Kier alpha value is -1.55. The van der Waals surface area contributed by atoms with E-state index in [4.69, 9.17) is 11.6 Å². The summed E-state index contributed by atoms with van der Waals surface area (Å²) in [5.74, 6) is 5.82. The van der Waals surface area contributed by atoms with Gasteiger partial charge in [0.15, 0.2) is 0 Å². The molecule has 0 bridgehead atoms. The van der Waals surface area contributed by atoms with E-state index in [9.17, 15) is 4.79 Å². The first-order valence-electron chi connectivity index (χ1n) is 3.59. The van der Waals surface area contributed by atoms with Gasteiger partial charge in [0.2, 0.25) is 6.08 Å². The molecule has 64 valence electrons.